The van der Waals surface area contributed by atoms with Gasteiger partial charge in [0.1, 0.15) is 11.4 Å². The second-order valence-electron chi connectivity index (χ2n) is 7.10. The first-order chi connectivity index (χ1) is 15.7. The number of fused-ring (bicyclic) bond motifs is 1. The third-order valence-electron chi connectivity index (χ3n) is 5.01. The molecule has 4 aromatic rings. The zero-order chi connectivity index (χ0) is 22.3. The molecule has 4 rings (SSSR count). The minimum atomic E-state index is -0.434. The summed E-state index contributed by atoms with van der Waals surface area (Å²) in [7, 11) is 1.56. The van der Waals surface area contributed by atoms with Crippen molar-refractivity contribution in [2.24, 2.45) is 0 Å². The van der Waals surface area contributed by atoms with Gasteiger partial charge in [-0.2, -0.15) is 0 Å². The minimum absolute atomic E-state index is 0.108. The number of carbonyl (C=O) groups is 2. The van der Waals surface area contributed by atoms with Crippen molar-refractivity contribution in [3.05, 3.63) is 114 Å². The minimum Gasteiger partial charge on any atom is -0.496 e. The van der Waals surface area contributed by atoms with Gasteiger partial charge in [-0.1, -0.05) is 72.8 Å². The van der Waals surface area contributed by atoms with Crippen LogP contribution in [0.3, 0.4) is 0 Å². The van der Waals surface area contributed by atoms with Gasteiger partial charge in [-0.05, 0) is 35.7 Å². The van der Waals surface area contributed by atoms with Crippen LogP contribution in [0.1, 0.15) is 15.9 Å². The third-order valence-corrected chi connectivity index (χ3v) is 5.01. The predicted octanol–water partition coefficient (Wildman–Crippen LogP) is 5.26. The Morgan fingerprint density at radius 3 is 2.28 bits per heavy atom. The number of carbonyl (C=O) groups excluding carboxylic acids is 2. The molecular weight excluding hydrogens is 400 g/mol. The summed E-state index contributed by atoms with van der Waals surface area (Å²) in [6.45, 7) is 0. The Bertz CT molecular complexity index is 1290. The highest BCUT2D eigenvalue weighted by molar-refractivity contribution is 6.13. The Labute approximate surface area is 186 Å². The van der Waals surface area contributed by atoms with E-state index in [2.05, 4.69) is 10.6 Å². The summed E-state index contributed by atoms with van der Waals surface area (Å²) in [5.74, 6) is -0.215. The highest BCUT2D eigenvalue weighted by Gasteiger charge is 2.16. The number of benzene rings is 4. The van der Waals surface area contributed by atoms with Gasteiger partial charge < -0.3 is 15.4 Å². The summed E-state index contributed by atoms with van der Waals surface area (Å²) < 4.78 is 5.40. The van der Waals surface area contributed by atoms with Crippen LogP contribution in [-0.2, 0) is 4.79 Å². The number of hydrogen-bond donors (Lipinski definition) is 2. The van der Waals surface area contributed by atoms with Crippen molar-refractivity contribution >= 4 is 34.4 Å². The summed E-state index contributed by atoms with van der Waals surface area (Å²) in [6, 6.07) is 29.5. The standard InChI is InChI=1S/C27H22N2O3/c1-32-25-17-8-6-13-21(25)18-24(29-26(30)20-11-3-2-4-12-20)27(31)28-23-16-9-14-19-10-5-7-15-22(19)23/h2-18H,1H3,(H,28,31)(H,29,30)/b24-18-. The molecule has 2 N–H and O–H groups in total. The molecule has 0 fully saturated rings. The van der Waals surface area contributed by atoms with Crippen LogP contribution in [0.25, 0.3) is 16.8 Å². The maximum Gasteiger partial charge on any atom is 0.272 e. The first kappa shape index (κ1) is 20.9. The molecule has 0 aliphatic heterocycles. The smallest absolute Gasteiger partial charge is 0.272 e. The van der Waals surface area contributed by atoms with Gasteiger partial charge in [0.2, 0.25) is 0 Å². The van der Waals surface area contributed by atoms with Gasteiger partial charge in [0.25, 0.3) is 11.8 Å². The number of amides is 2. The van der Waals surface area contributed by atoms with Gasteiger partial charge in [0.05, 0.1) is 7.11 Å². The van der Waals surface area contributed by atoms with Crippen LogP contribution in [0.2, 0.25) is 0 Å². The van der Waals surface area contributed by atoms with E-state index < -0.39 is 5.91 Å². The number of nitrogens with one attached hydrogen (secondary N) is 2. The van der Waals surface area contributed by atoms with Crippen LogP contribution < -0.4 is 15.4 Å². The molecule has 4 aromatic carbocycles. The fraction of sp³-hybridized carbons (Fsp3) is 0.0370. The summed E-state index contributed by atoms with van der Waals surface area (Å²) >= 11 is 0. The van der Waals surface area contributed by atoms with Gasteiger partial charge >= 0.3 is 0 Å². The Balaban J connectivity index is 1.70. The van der Waals surface area contributed by atoms with Crippen molar-refractivity contribution in [1.82, 2.24) is 5.32 Å². The lowest BCUT2D eigenvalue weighted by atomic mass is 10.1. The first-order valence-corrected chi connectivity index (χ1v) is 10.2. The Morgan fingerprint density at radius 1 is 0.781 bits per heavy atom. The van der Waals surface area contributed by atoms with Crippen molar-refractivity contribution in [3.8, 4) is 5.75 Å². The van der Waals surface area contributed by atoms with Crippen molar-refractivity contribution in [3.63, 3.8) is 0 Å². The SMILES string of the molecule is COc1ccccc1/C=C(\NC(=O)c1ccccc1)C(=O)Nc1cccc2ccccc12. The first-order valence-electron chi connectivity index (χ1n) is 10.2. The van der Waals surface area contributed by atoms with Gasteiger partial charge in [-0.15, -0.1) is 0 Å². The van der Waals surface area contributed by atoms with Gasteiger partial charge in [-0.25, -0.2) is 0 Å². The molecule has 0 saturated carbocycles. The second-order valence-corrected chi connectivity index (χ2v) is 7.10. The topological polar surface area (TPSA) is 67.4 Å². The summed E-state index contributed by atoms with van der Waals surface area (Å²) in [5, 5.41) is 7.61. The molecule has 158 valence electrons. The van der Waals surface area contributed by atoms with Crippen molar-refractivity contribution in [2.45, 2.75) is 0 Å². The normalized spacial score (nSPS) is 11.1. The molecule has 0 spiro atoms. The molecule has 0 atom stereocenters. The van der Waals surface area contributed by atoms with Crippen molar-refractivity contribution in [2.75, 3.05) is 12.4 Å². The van der Waals surface area contributed by atoms with E-state index in [4.69, 9.17) is 4.74 Å². The number of para-hydroxylation sites is 1. The van der Waals surface area contributed by atoms with Crippen LogP contribution in [0.4, 0.5) is 5.69 Å². The highest BCUT2D eigenvalue weighted by Crippen LogP contribution is 2.24. The molecule has 5 nitrogen and oxygen atoms in total. The van der Waals surface area contributed by atoms with Crippen molar-refractivity contribution < 1.29 is 14.3 Å². The monoisotopic (exact) mass is 422 g/mol. The van der Waals surface area contributed by atoms with Crippen LogP contribution in [0.5, 0.6) is 5.75 Å². The van der Waals surface area contributed by atoms with Crippen LogP contribution in [0, 0.1) is 0 Å². The van der Waals surface area contributed by atoms with E-state index in [0.29, 0.717) is 22.6 Å². The summed E-state index contributed by atoms with van der Waals surface area (Å²) in [5.41, 5.74) is 1.90. The zero-order valence-electron chi connectivity index (χ0n) is 17.5. The number of rotatable bonds is 6. The molecule has 0 aliphatic rings. The Morgan fingerprint density at radius 2 is 1.47 bits per heavy atom. The number of anilines is 1. The largest absolute Gasteiger partial charge is 0.496 e. The molecule has 0 aliphatic carbocycles. The lowest BCUT2D eigenvalue weighted by Gasteiger charge is -2.13. The van der Waals surface area contributed by atoms with E-state index in [1.807, 2.05) is 66.7 Å². The lowest BCUT2D eigenvalue weighted by molar-refractivity contribution is -0.113. The van der Waals surface area contributed by atoms with Gasteiger partial charge in [0.15, 0.2) is 0 Å². The number of methoxy groups -OCH3 is 1. The van der Waals surface area contributed by atoms with E-state index in [1.54, 1.807) is 43.5 Å². The zero-order valence-corrected chi connectivity index (χ0v) is 17.5. The molecule has 0 radical (unpaired) electrons. The summed E-state index contributed by atoms with van der Waals surface area (Å²) in [6.07, 6.45) is 1.61. The Hall–Kier alpha value is -4.38. The van der Waals surface area contributed by atoms with Gasteiger partial charge in [0, 0.05) is 22.2 Å². The maximum atomic E-state index is 13.3. The number of hydrogen-bond acceptors (Lipinski definition) is 3. The maximum absolute atomic E-state index is 13.3. The summed E-state index contributed by atoms with van der Waals surface area (Å²) in [4.78, 5) is 26.1. The highest BCUT2D eigenvalue weighted by atomic mass is 16.5. The van der Waals surface area contributed by atoms with E-state index in [9.17, 15) is 9.59 Å². The molecular formula is C27H22N2O3. The fourth-order valence-electron chi connectivity index (χ4n) is 3.41. The van der Waals surface area contributed by atoms with Crippen LogP contribution in [0.15, 0.2) is 103 Å². The van der Waals surface area contributed by atoms with Crippen LogP contribution >= 0.6 is 0 Å². The second kappa shape index (κ2) is 9.62. The molecule has 0 aromatic heterocycles. The van der Waals surface area contributed by atoms with E-state index in [0.717, 1.165) is 10.8 Å². The number of ether oxygens (including phenoxy) is 1. The predicted molar refractivity (Wildman–Crippen MR) is 127 cm³/mol. The molecule has 0 unspecified atom stereocenters. The van der Waals surface area contributed by atoms with E-state index in [1.165, 1.54) is 0 Å². The molecule has 5 heteroatoms. The molecule has 0 bridgehead atoms. The fourth-order valence-corrected chi connectivity index (χ4v) is 3.41. The average molecular weight is 422 g/mol. The lowest BCUT2D eigenvalue weighted by Crippen LogP contribution is -2.30. The van der Waals surface area contributed by atoms with E-state index in [-0.39, 0.29) is 11.6 Å². The van der Waals surface area contributed by atoms with E-state index >= 15 is 0 Å². The molecule has 0 heterocycles. The molecule has 32 heavy (non-hydrogen) atoms. The van der Waals surface area contributed by atoms with Crippen molar-refractivity contribution in [1.29, 1.82) is 0 Å². The Kier molecular flexibility index (Phi) is 6.28. The van der Waals surface area contributed by atoms with Crippen LogP contribution in [-0.4, -0.2) is 18.9 Å². The molecule has 2 amide bonds. The van der Waals surface area contributed by atoms with Gasteiger partial charge in [-0.3, -0.25) is 9.59 Å². The third kappa shape index (κ3) is 4.68. The quantitative estimate of drug-likeness (QED) is 0.417. The molecule has 0 saturated heterocycles. The average Bonchev–Trinajstić information content (AvgIpc) is 2.84.